The molecule has 0 aliphatic carbocycles. The minimum absolute atomic E-state index is 0.0380. The van der Waals surface area contributed by atoms with Crippen LogP contribution in [0, 0.1) is 0 Å². The summed E-state index contributed by atoms with van der Waals surface area (Å²) in [5.41, 5.74) is 0.640. The van der Waals surface area contributed by atoms with E-state index in [9.17, 15) is 9.59 Å². The molecule has 0 aliphatic heterocycles. The van der Waals surface area contributed by atoms with Crippen LogP contribution in [0.1, 0.15) is 29.6 Å². The van der Waals surface area contributed by atoms with Gasteiger partial charge in [-0.25, -0.2) is 0 Å². The highest BCUT2D eigenvalue weighted by molar-refractivity contribution is 6.30. The molecular weight excluding hydrogens is 226 g/mol. The van der Waals surface area contributed by atoms with Gasteiger partial charge < -0.3 is 5.32 Å². The molecule has 0 heterocycles. The average molecular weight is 240 g/mol. The maximum absolute atomic E-state index is 11.7. The summed E-state index contributed by atoms with van der Waals surface area (Å²) in [6.45, 7) is 0. The predicted octanol–water partition coefficient (Wildman–Crippen LogP) is 2.44. The molecule has 0 spiro atoms. The van der Waals surface area contributed by atoms with Gasteiger partial charge in [0.2, 0.25) is 5.91 Å². The fourth-order valence-corrected chi connectivity index (χ4v) is 1.44. The van der Waals surface area contributed by atoms with Crippen LogP contribution in [0.25, 0.3) is 0 Å². The van der Waals surface area contributed by atoms with Gasteiger partial charge in [-0.1, -0.05) is 11.6 Å². The Kier molecular flexibility index (Phi) is 4.99. The zero-order chi connectivity index (χ0) is 12.0. The molecule has 16 heavy (non-hydrogen) atoms. The molecule has 1 amide bonds. The Morgan fingerprint density at radius 3 is 2.38 bits per heavy atom. The standard InChI is InChI=1S/C12H14ClNO2/c1-14-12(16)4-2-3-11(15)9-5-7-10(13)8-6-9/h5-8H,2-4H2,1H3,(H,14,16). The normalized spacial score (nSPS) is 9.88. The summed E-state index contributed by atoms with van der Waals surface area (Å²) in [6, 6.07) is 6.77. The first-order valence-corrected chi connectivity index (χ1v) is 5.50. The molecule has 1 rings (SSSR count). The molecule has 0 aliphatic rings. The fraction of sp³-hybridized carbons (Fsp3) is 0.333. The van der Waals surface area contributed by atoms with E-state index in [0.29, 0.717) is 29.8 Å². The molecule has 4 heteroatoms. The second-order valence-electron chi connectivity index (χ2n) is 3.46. The third-order valence-electron chi connectivity index (χ3n) is 2.25. The van der Waals surface area contributed by atoms with E-state index in [-0.39, 0.29) is 11.7 Å². The van der Waals surface area contributed by atoms with E-state index in [2.05, 4.69) is 5.32 Å². The number of halogens is 1. The molecule has 0 radical (unpaired) electrons. The number of hydrogen-bond donors (Lipinski definition) is 1. The van der Waals surface area contributed by atoms with Gasteiger partial charge in [-0.15, -0.1) is 0 Å². The maximum atomic E-state index is 11.7. The van der Waals surface area contributed by atoms with Gasteiger partial charge in [-0.05, 0) is 30.7 Å². The molecule has 0 saturated carbocycles. The zero-order valence-electron chi connectivity index (χ0n) is 9.13. The van der Waals surface area contributed by atoms with Gasteiger partial charge in [-0.2, -0.15) is 0 Å². The number of ketones is 1. The average Bonchev–Trinajstić information content (AvgIpc) is 2.29. The lowest BCUT2D eigenvalue weighted by Crippen LogP contribution is -2.17. The van der Waals surface area contributed by atoms with E-state index in [1.807, 2.05) is 0 Å². The zero-order valence-corrected chi connectivity index (χ0v) is 9.88. The van der Waals surface area contributed by atoms with Crippen molar-refractivity contribution in [2.45, 2.75) is 19.3 Å². The molecule has 0 aromatic heterocycles. The van der Waals surface area contributed by atoms with Crippen LogP contribution in [0.4, 0.5) is 0 Å². The van der Waals surface area contributed by atoms with Crippen LogP contribution in [-0.4, -0.2) is 18.7 Å². The van der Waals surface area contributed by atoms with Crippen molar-refractivity contribution in [3.63, 3.8) is 0 Å². The molecule has 0 saturated heterocycles. The largest absolute Gasteiger partial charge is 0.359 e. The van der Waals surface area contributed by atoms with E-state index < -0.39 is 0 Å². The lowest BCUT2D eigenvalue weighted by Gasteiger charge is -2.01. The van der Waals surface area contributed by atoms with E-state index in [4.69, 9.17) is 11.6 Å². The minimum Gasteiger partial charge on any atom is -0.359 e. The van der Waals surface area contributed by atoms with Crippen molar-refractivity contribution in [2.24, 2.45) is 0 Å². The highest BCUT2D eigenvalue weighted by atomic mass is 35.5. The first-order valence-electron chi connectivity index (χ1n) is 5.13. The van der Waals surface area contributed by atoms with Crippen LogP contribution in [-0.2, 0) is 4.79 Å². The van der Waals surface area contributed by atoms with Crippen molar-refractivity contribution in [3.8, 4) is 0 Å². The molecule has 0 fully saturated rings. The van der Waals surface area contributed by atoms with Crippen molar-refractivity contribution in [1.29, 1.82) is 0 Å². The molecule has 1 aromatic carbocycles. The van der Waals surface area contributed by atoms with Crippen LogP contribution >= 0.6 is 11.6 Å². The fourth-order valence-electron chi connectivity index (χ4n) is 1.31. The Morgan fingerprint density at radius 2 is 1.81 bits per heavy atom. The quantitative estimate of drug-likeness (QED) is 0.803. The third-order valence-corrected chi connectivity index (χ3v) is 2.50. The SMILES string of the molecule is CNC(=O)CCCC(=O)c1ccc(Cl)cc1. The van der Waals surface area contributed by atoms with Gasteiger partial charge in [0.05, 0.1) is 0 Å². The summed E-state index contributed by atoms with van der Waals surface area (Å²) >= 11 is 5.72. The number of carbonyl (C=O) groups excluding carboxylic acids is 2. The van der Waals surface area contributed by atoms with E-state index in [1.165, 1.54) is 0 Å². The summed E-state index contributed by atoms with van der Waals surface area (Å²) in [5.74, 6) is 0.00414. The molecule has 86 valence electrons. The number of hydrogen-bond acceptors (Lipinski definition) is 2. The Balaban J connectivity index is 2.41. The Bertz CT molecular complexity index is 373. The summed E-state index contributed by atoms with van der Waals surface area (Å²) in [4.78, 5) is 22.6. The van der Waals surface area contributed by atoms with Gasteiger partial charge in [0.15, 0.2) is 5.78 Å². The summed E-state index contributed by atoms with van der Waals surface area (Å²) in [6.07, 6.45) is 1.34. The van der Waals surface area contributed by atoms with Crippen molar-refractivity contribution in [2.75, 3.05) is 7.05 Å². The second-order valence-corrected chi connectivity index (χ2v) is 3.89. The van der Waals surface area contributed by atoms with Crippen molar-refractivity contribution in [3.05, 3.63) is 34.9 Å². The van der Waals surface area contributed by atoms with E-state index >= 15 is 0 Å². The Labute approximate surface area is 99.8 Å². The van der Waals surface area contributed by atoms with Crippen molar-refractivity contribution in [1.82, 2.24) is 5.32 Å². The highest BCUT2D eigenvalue weighted by Crippen LogP contribution is 2.12. The van der Waals surface area contributed by atoms with Gasteiger partial charge in [-0.3, -0.25) is 9.59 Å². The van der Waals surface area contributed by atoms with Gasteiger partial charge in [0.1, 0.15) is 0 Å². The molecular formula is C12H14ClNO2. The first kappa shape index (κ1) is 12.7. The number of amides is 1. The van der Waals surface area contributed by atoms with E-state index in [0.717, 1.165) is 0 Å². The third kappa shape index (κ3) is 4.03. The van der Waals surface area contributed by atoms with Crippen LogP contribution in [0.3, 0.4) is 0 Å². The van der Waals surface area contributed by atoms with Crippen molar-refractivity contribution < 1.29 is 9.59 Å². The number of rotatable bonds is 5. The topological polar surface area (TPSA) is 46.2 Å². The Morgan fingerprint density at radius 1 is 1.19 bits per heavy atom. The first-order chi connectivity index (χ1) is 7.63. The predicted molar refractivity (Wildman–Crippen MR) is 63.7 cm³/mol. The highest BCUT2D eigenvalue weighted by Gasteiger charge is 2.06. The minimum atomic E-state index is -0.0380. The summed E-state index contributed by atoms with van der Waals surface area (Å²) in [5, 5.41) is 3.13. The molecule has 1 aromatic rings. The molecule has 3 nitrogen and oxygen atoms in total. The summed E-state index contributed by atoms with van der Waals surface area (Å²) < 4.78 is 0. The maximum Gasteiger partial charge on any atom is 0.219 e. The molecule has 0 bridgehead atoms. The smallest absolute Gasteiger partial charge is 0.219 e. The lowest BCUT2D eigenvalue weighted by molar-refractivity contribution is -0.120. The van der Waals surface area contributed by atoms with E-state index in [1.54, 1.807) is 31.3 Å². The molecule has 1 N–H and O–H groups in total. The van der Waals surface area contributed by atoms with Crippen molar-refractivity contribution >= 4 is 23.3 Å². The number of nitrogens with one attached hydrogen (secondary N) is 1. The second kappa shape index (κ2) is 6.28. The van der Waals surface area contributed by atoms with Gasteiger partial charge in [0.25, 0.3) is 0 Å². The molecule has 0 atom stereocenters. The monoisotopic (exact) mass is 239 g/mol. The van der Waals surface area contributed by atoms with Crippen LogP contribution in [0.2, 0.25) is 5.02 Å². The Hall–Kier alpha value is -1.35. The summed E-state index contributed by atoms with van der Waals surface area (Å²) in [7, 11) is 1.59. The molecule has 0 unspecified atom stereocenters. The van der Waals surface area contributed by atoms with Crippen LogP contribution < -0.4 is 5.32 Å². The number of Topliss-reactive ketones (excluding diaryl/α,β-unsaturated/α-hetero) is 1. The van der Waals surface area contributed by atoms with Crippen LogP contribution in [0.15, 0.2) is 24.3 Å². The van der Waals surface area contributed by atoms with Crippen LogP contribution in [0.5, 0.6) is 0 Å². The number of carbonyl (C=O) groups is 2. The van der Waals surface area contributed by atoms with Gasteiger partial charge >= 0.3 is 0 Å². The lowest BCUT2D eigenvalue weighted by atomic mass is 10.1. The van der Waals surface area contributed by atoms with Gasteiger partial charge in [0, 0.05) is 30.5 Å². The number of benzene rings is 1.